The van der Waals surface area contributed by atoms with Gasteiger partial charge in [0.1, 0.15) is 12.4 Å². The van der Waals surface area contributed by atoms with Crippen molar-refractivity contribution in [1.82, 2.24) is 0 Å². The van der Waals surface area contributed by atoms with Gasteiger partial charge in [-0.15, -0.1) is 0 Å². The maximum Gasteiger partial charge on any atom is 0.310 e. The zero-order valence-corrected chi connectivity index (χ0v) is 21.9. The van der Waals surface area contributed by atoms with Crippen LogP contribution >= 0.6 is 0 Å². The van der Waals surface area contributed by atoms with Crippen LogP contribution in [0.15, 0.2) is 91.0 Å². The van der Waals surface area contributed by atoms with Crippen molar-refractivity contribution in [3.8, 4) is 0 Å². The van der Waals surface area contributed by atoms with Gasteiger partial charge in [-0.25, -0.2) is 10.0 Å². The second-order valence-corrected chi connectivity index (χ2v) is 10.5. The van der Waals surface area contributed by atoms with Gasteiger partial charge >= 0.3 is 5.97 Å². The van der Waals surface area contributed by atoms with Crippen LogP contribution in [-0.2, 0) is 30.3 Å². The number of carbonyl (C=O) groups is 4. The molecule has 4 rings (SSSR count). The van der Waals surface area contributed by atoms with Crippen LogP contribution in [0.2, 0.25) is 0 Å². The number of hydrogen-bond acceptors (Lipinski definition) is 5. The van der Waals surface area contributed by atoms with Crippen LogP contribution in [0.25, 0.3) is 0 Å². The first-order chi connectivity index (χ1) is 18.1. The van der Waals surface area contributed by atoms with Gasteiger partial charge in [-0.3, -0.25) is 19.2 Å². The van der Waals surface area contributed by atoms with E-state index in [4.69, 9.17) is 4.74 Å². The Morgan fingerprint density at radius 2 is 1.18 bits per heavy atom. The van der Waals surface area contributed by atoms with Crippen molar-refractivity contribution in [2.45, 2.75) is 40.0 Å². The van der Waals surface area contributed by atoms with Crippen LogP contribution in [0.1, 0.15) is 39.2 Å². The number of rotatable bonds is 9. The van der Waals surface area contributed by atoms with Gasteiger partial charge in [0.25, 0.3) is 11.8 Å². The summed E-state index contributed by atoms with van der Waals surface area (Å²) >= 11 is 0. The van der Waals surface area contributed by atoms with Gasteiger partial charge in [0.2, 0.25) is 0 Å². The number of anilines is 2. The molecule has 1 heterocycles. The molecule has 3 aromatic carbocycles. The number of Topliss-reactive ketones (excluding diaryl/α,β-unsaturated/α-hetero) is 1. The fourth-order valence-electron chi connectivity index (χ4n) is 4.41. The topological polar surface area (TPSA) is 84.0 Å². The highest BCUT2D eigenvalue weighted by molar-refractivity contribution is 6.26. The Hall–Kier alpha value is -4.26. The van der Waals surface area contributed by atoms with Gasteiger partial charge in [-0.2, -0.15) is 0 Å². The van der Waals surface area contributed by atoms with E-state index in [2.05, 4.69) is 0 Å². The summed E-state index contributed by atoms with van der Waals surface area (Å²) in [7, 11) is 0. The van der Waals surface area contributed by atoms with Gasteiger partial charge in [-0.05, 0) is 36.2 Å². The fraction of sp³-hybridized carbons (Fsp3) is 0.290. The molecule has 0 bridgehead atoms. The maximum absolute atomic E-state index is 14.2. The summed E-state index contributed by atoms with van der Waals surface area (Å²) in [4.78, 5) is 54.1. The third-order valence-electron chi connectivity index (χ3n) is 6.69. The third-order valence-corrected chi connectivity index (χ3v) is 6.69. The second-order valence-electron chi connectivity index (χ2n) is 10.5. The summed E-state index contributed by atoms with van der Waals surface area (Å²) in [6.07, 6.45) is -0.0838. The van der Waals surface area contributed by atoms with Gasteiger partial charge in [0, 0.05) is 11.8 Å². The molecule has 196 valence electrons. The lowest BCUT2D eigenvalue weighted by Gasteiger charge is -2.27. The van der Waals surface area contributed by atoms with Gasteiger partial charge < -0.3 is 4.74 Å². The summed E-state index contributed by atoms with van der Waals surface area (Å²) < 4.78 is 5.62. The lowest BCUT2D eigenvalue weighted by Crippen LogP contribution is -2.43. The summed E-state index contributed by atoms with van der Waals surface area (Å²) in [5.74, 6) is -1.71. The zero-order valence-electron chi connectivity index (χ0n) is 21.9. The van der Waals surface area contributed by atoms with Crippen molar-refractivity contribution in [3.05, 3.63) is 96.6 Å². The first-order valence-corrected chi connectivity index (χ1v) is 12.7. The number of amides is 2. The average Bonchev–Trinajstić information content (AvgIpc) is 3.13. The van der Waals surface area contributed by atoms with Crippen LogP contribution in [0.3, 0.4) is 0 Å². The van der Waals surface area contributed by atoms with Crippen LogP contribution < -0.4 is 10.0 Å². The Morgan fingerprint density at radius 3 is 1.63 bits per heavy atom. The Balaban J connectivity index is 1.72. The van der Waals surface area contributed by atoms with E-state index in [-0.39, 0.29) is 25.0 Å². The van der Waals surface area contributed by atoms with Crippen LogP contribution in [-0.4, -0.2) is 30.2 Å². The Labute approximate surface area is 223 Å². The Bertz CT molecular complexity index is 1240. The number of hydrogen-bond donors (Lipinski definition) is 0. The van der Waals surface area contributed by atoms with Gasteiger partial charge in [0.05, 0.1) is 17.8 Å². The van der Waals surface area contributed by atoms with E-state index in [0.29, 0.717) is 11.4 Å². The number of ether oxygens (including phenoxy) is 1. The monoisotopic (exact) mass is 512 g/mol. The maximum atomic E-state index is 14.2. The van der Waals surface area contributed by atoms with Crippen molar-refractivity contribution in [2.24, 2.45) is 10.8 Å². The highest BCUT2D eigenvalue weighted by Crippen LogP contribution is 2.42. The van der Waals surface area contributed by atoms with E-state index in [0.717, 1.165) is 5.56 Å². The molecular weight excluding hydrogens is 480 g/mol. The number of nitrogens with zero attached hydrogens (tertiary/aromatic N) is 2. The molecule has 0 unspecified atom stereocenters. The Morgan fingerprint density at radius 1 is 0.737 bits per heavy atom. The molecule has 0 N–H and O–H groups in total. The van der Waals surface area contributed by atoms with Crippen molar-refractivity contribution in [1.29, 1.82) is 0 Å². The first-order valence-electron chi connectivity index (χ1n) is 12.7. The van der Waals surface area contributed by atoms with E-state index < -0.39 is 35.2 Å². The highest BCUT2D eigenvalue weighted by atomic mass is 16.5. The molecule has 0 radical (unpaired) electrons. The molecule has 0 spiro atoms. The fourth-order valence-corrected chi connectivity index (χ4v) is 4.41. The molecule has 1 fully saturated rings. The standard InChI is InChI=1S/C31H32N2O5/c1-30(2,3)26(34)19-20-31(22-38-27(35)21-23-13-7-4-8-14-23)28(36)32(24-15-9-5-10-16-24)33(29(31)37)25-17-11-6-12-18-25/h4-18H,19-22H2,1-3H3. The first kappa shape index (κ1) is 26.8. The molecule has 1 aliphatic rings. The van der Waals surface area contributed by atoms with Crippen LogP contribution in [0, 0.1) is 10.8 Å². The molecule has 3 aromatic rings. The van der Waals surface area contributed by atoms with Gasteiger partial charge in [0.15, 0.2) is 5.41 Å². The number of ketones is 1. The van der Waals surface area contributed by atoms with Crippen molar-refractivity contribution in [3.63, 3.8) is 0 Å². The number of para-hydroxylation sites is 2. The van der Waals surface area contributed by atoms with Crippen molar-refractivity contribution >= 4 is 34.9 Å². The Kier molecular flexibility index (Phi) is 7.76. The van der Waals surface area contributed by atoms with E-state index in [9.17, 15) is 19.2 Å². The highest BCUT2D eigenvalue weighted by Gasteiger charge is 2.60. The molecule has 1 aliphatic heterocycles. The van der Waals surface area contributed by atoms with E-state index >= 15 is 0 Å². The number of carbonyl (C=O) groups excluding carboxylic acids is 4. The predicted molar refractivity (Wildman–Crippen MR) is 145 cm³/mol. The summed E-state index contributed by atoms with van der Waals surface area (Å²) in [5, 5.41) is 2.65. The molecule has 1 saturated heterocycles. The molecule has 0 saturated carbocycles. The minimum absolute atomic E-state index is 0.00498. The zero-order chi connectivity index (χ0) is 27.3. The molecule has 7 heteroatoms. The van der Waals surface area contributed by atoms with Crippen LogP contribution in [0.4, 0.5) is 11.4 Å². The quantitative estimate of drug-likeness (QED) is 0.293. The summed E-state index contributed by atoms with van der Waals surface area (Å²) in [6.45, 7) is 4.94. The minimum atomic E-state index is -1.75. The number of esters is 1. The second kappa shape index (κ2) is 11.0. The van der Waals surface area contributed by atoms with Crippen molar-refractivity contribution in [2.75, 3.05) is 16.6 Å². The van der Waals surface area contributed by atoms with Crippen LogP contribution in [0.5, 0.6) is 0 Å². The average molecular weight is 513 g/mol. The summed E-state index contributed by atoms with van der Waals surface area (Å²) in [6, 6.07) is 26.8. The SMILES string of the molecule is CC(C)(C)C(=O)CCC1(COC(=O)Cc2ccccc2)C(=O)N(c2ccccc2)N(c2ccccc2)C1=O. The molecule has 7 nitrogen and oxygen atoms in total. The smallest absolute Gasteiger partial charge is 0.310 e. The van der Waals surface area contributed by atoms with Gasteiger partial charge in [-0.1, -0.05) is 87.5 Å². The molecule has 0 atom stereocenters. The predicted octanol–water partition coefficient (Wildman–Crippen LogP) is 5.15. The third kappa shape index (κ3) is 5.52. The normalized spacial score (nSPS) is 15.0. The summed E-state index contributed by atoms with van der Waals surface area (Å²) in [5.41, 5.74) is -0.647. The van der Waals surface area contributed by atoms with Crippen molar-refractivity contribution < 1.29 is 23.9 Å². The number of hydrazine groups is 1. The van der Waals surface area contributed by atoms with E-state index in [1.165, 1.54) is 10.0 Å². The van der Waals surface area contributed by atoms with E-state index in [1.54, 1.807) is 81.4 Å². The molecular formula is C31H32N2O5. The van der Waals surface area contributed by atoms with E-state index in [1.807, 2.05) is 30.3 Å². The lowest BCUT2D eigenvalue weighted by atomic mass is 9.78. The number of benzene rings is 3. The largest absolute Gasteiger partial charge is 0.464 e. The molecule has 2 amide bonds. The minimum Gasteiger partial charge on any atom is -0.464 e. The molecule has 0 aliphatic carbocycles. The molecule has 38 heavy (non-hydrogen) atoms. The lowest BCUT2D eigenvalue weighted by molar-refractivity contribution is -0.151. The molecule has 0 aromatic heterocycles.